The van der Waals surface area contributed by atoms with E-state index in [4.69, 9.17) is 10.5 Å². The van der Waals surface area contributed by atoms with Crippen molar-refractivity contribution in [3.05, 3.63) is 59.9 Å². The molecule has 1 fully saturated rings. The van der Waals surface area contributed by atoms with Crippen LogP contribution in [0.2, 0.25) is 0 Å². The van der Waals surface area contributed by atoms with E-state index in [2.05, 4.69) is 14.9 Å². The van der Waals surface area contributed by atoms with Crippen LogP contribution in [0.5, 0.6) is 5.75 Å². The van der Waals surface area contributed by atoms with Crippen LogP contribution in [-0.2, 0) is 0 Å². The minimum Gasteiger partial charge on any atom is -0.492 e. The zero-order chi connectivity index (χ0) is 22.7. The first kappa shape index (κ1) is 22.0. The molecule has 1 aliphatic heterocycles. The molecule has 0 unspecified atom stereocenters. The number of carbonyl (C=O) groups excluding carboxylic acids is 1. The van der Waals surface area contributed by atoms with E-state index in [1.165, 1.54) is 0 Å². The molecule has 3 heterocycles. The summed E-state index contributed by atoms with van der Waals surface area (Å²) >= 11 is 0. The van der Waals surface area contributed by atoms with Gasteiger partial charge < -0.3 is 25.4 Å². The topological polar surface area (TPSA) is 105 Å². The Bertz CT molecular complexity index is 1100. The lowest BCUT2D eigenvalue weighted by atomic mass is 10.0. The molecular formula is C24H29N5O3. The summed E-state index contributed by atoms with van der Waals surface area (Å²) in [5.41, 5.74) is 8.52. The molecule has 8 heteroatoms. The summed E-state index contributed by atoms with van der Waals surface area (Å²) < 4.78 is 5.46. The molecular weight excluding hydrogens is 406 g/mol. The molecule has 1 atom stereocenters. The van der Waals surface area contributed by atoms with Crippen molar-refractivity contribution in [2.45, 2.75) is 18.9 Å². The van der Waals surface area contributed by atoms with Crippen molar-refractivity contribution in [2.75, 3.05) is 44.7 Å². The van der Waals surface area contributed by atoms with Crippen LogP contribution in [0, 0.1) is 6.92 Å². The Balaban J connectivity index is 1.44. The standard InChI is InChI=1S/C24H29N5O3/c1-17-3-8-20-22(27-17)21(9-12-26-20)29-13-10-24(31,16-29)15-28(2)23(30)18-4-6-19(7-5-18)32-14-11-25/h3-9,12,31H,10-11,13-16,25H2,1-2H3/t24-/m1/s1. The number of pyridine rings is 2. The van der Waals surface area contributed by atoms with Crippen molar-refractivity contribution < 1.29 is 14.6 Å². The van der Waals surface area contributed by atoms with E-state index < -0.39 is 5.60 Å². The van der Waals surface area contributed by atoms with Crippen LogP contribution in [-0.4, -0.2) is 71.3 Å². The van der Waals surface area contributed by atoms with E-state index >= 15 is 0 Å². The molecule has 32 heavy (non-hydrogen) atoms. The number of hydrogen-bond acceptors (Lipinski definition) is 7. The summed E-state index contributed by atoms with van der Waals surface area (Å²) in [5, 5.41) is 11.3. The molecule has 0 aliphatic carbocycles. The molecule has 2 aromatic heterocycles. The van der Waals surface area contributed by atoms with Crippen molar-refractivity contribution in [3.63, 3.8) is 0 Å². The highest BCUT2D eigenvalue weighted by Gasteiger charge is 2.38. The number of ether oxygens (including phenoxy) is 1. The third-order valence-electron chi connectivity index (χ3n) is 5.74. The number of rotatable bonds is 7. The molecule has 0 saturated carbocycles. The first-order valence-electron chi connectivity index (χ1n) is 10.8. The van der Waals surface area contributed by atoms with E-state index in [1.807, 2.05) is 25.1 Å². The second-order valence-corrected chi connectivity index (χ2v) is 8.37. The molecule has 8 nitrogen and oxygen atoms in total. The lowest BCUT2D eigenvalue weighted by Crippen LogP contribution is -2.45. The SMILES string of the molecule is Cc1ccc2nccc(N3CC[C@@](O)(CN(C)C(=O)c4ccc(OCCN)cc4)C3)c2n1. The molecule has 4 rings (SSSR count). The predicted octanol–water partition coefficient (Wildman–Crippen LogP) is 1.99. The summed E-state index contributed by atoms with van der Waals surface area (Å²) in [4.78, 5) is 25.6. The largest absolute Gasteiger partial charge is 0.492 e. The Morgan fingerprint density at radius 2 is 2.03 bits per heavy atom. The van der Waals surface area contributed by atoms with Gasteiger partial charge in [0.1, 0.15) is 23.5 Å². The number of fused-ring (bicyclic) bond motifs is 1. The summed E-state index contributed by atoms with van der Waals surface area (Å²) in [7, 11) is 1.72. The summed E-state index contributed by atoms with van der Waals surface area (Å²) in [6.07, 6.45) is 2.33. The number of anilines is 1. The highest BCUT2D eigenvalue weighted by Crippen LogP contribution is 2.31. The molecule has 1 aliphatic rings. The van der Waals surface area contributed by atoms with Crippen LogP contribution < -0.4 is 15.4 Å². The van der Waals surface area contributed by atoms with Crippen LogP contribution in [0.1, 0.15) is 22.5 Å². The number of nitrogens with two attached hydrogens (primary N) is 1. The van der Waals surface area contributed by atoms with E-state index in [1.54, 1.807) is 42.4 Å². The molecule has 0 spiro atoms. The van der Waals surface area contributed by atoms with Gasteiger partial charge in [-0.15, -0.1) is 0 Å². The Kier molecular flexibility index (Phi) is 6.25. The number of likely N-dealkylation sites (N-methyl/N-ethyl adjacent to an activating group) is 1. The first-order chi connectivity index (χ1) is 15.4. The van der Waals surface area contributed by atoms with Crippen molar-refractivity contribution in [1.29, 1.82) is 0 Å². The molecule has 3 N–H and O–H groups in total. The molecule has 1 amide bonds. The number of carbonyl (C=O) groups is 1. The minimum atomic E-state index is -1.01. The lowest BCUT2D eigenvalue weighted by molar-refractivity contribution is 0.0264. The van der Waals surface area contributed by atoms with E-state index in [-0.39, 0.29) is 12.5 Å². The number of aliphatic hydroxyl groups is 1. The van der Waals surface area contributed by atoms with Crippen molar-refractivity contribution in [2.24, 2.45) is 5.73 Å². The van der Waals surface area contributed by atoms with Gasteiger partial charge in [-0.05, 0) is 55.8 Å². The summed E-state index contributed by atoms with van der Waals surface area (Å²) in [6.45, 7) is 4.16. The van der Waals surface area contributed by atoms with Crippen LogP contribution in [0.25, 0.3) is 11.0 Å². The molecule has 3 aromatic rings. The van der Waals surface area contributed by atoms with Crippen LogP contribution in [0.3, 0.4) is 0 Å². The van der Waals surface area contributed by atoms with Gasteiger partial charge in [0.15, 0.2) is 0 Å². The number of β-amino-alcohol motifs (C(OH)–C–C–N with tert-alkyl or cyclic N) is 1. The van der Waals surface area contributed by atoms with Gasteiger partial charge in [-0.1, -0.05) is 0 Å². The zero-order valence-corrected chi connectivity index (χ0v) is 18.5. The van der Waals surface area contributed by atoms with Gasteiger partial charge in [0.2, 0.25) is 0 Å². The van der Waals surface area contributed by atoms with Crippen LogP contribution in [0.15, 0.2) is 48.7 Å². The number of benzene rings is 1. The zero-order valence-electron chi connectivity index (χ0n) is 18.5. The third-order valence-corrected chi connectivity index (χ3v) is 5.74. The van der Waals surface area contributed by atoms with E-state index in [0.29, 0.717) is 44.0 Å². The van der Waals surface area contributed by atoms with E-state index in [9.17, 15) is 9.90 Å². The number of aryl methyl sites for hydroxylation is 1. The average molecular weight is 436 g/mol. The summed E-state index contributed by atoms with van der Waals surface area (Å²) in [5.74, 6) is 0.530. The minimum absolute atomic E-state index is 0.145. The normalized spacial score (nSPS) is 18.2. The van der Waals surface area contributed by atoms with Crippen molar-refractivity contribution >= 4 is 22.6 Å². The summed E-state index contributed by atoms with van der Waals surface area (Å²) in [6, 6.07) is 12.8. The number of hydrogen-bond donors (Lipinski definition) is 2. The smallest absolute Gasteiger partial charge is 0.253 e. The Labute approximate surface area is 187 Å². The van der Waals surface area contributed by atoms with Gasteiger partial charge in [0, 0.05) is 44.1 Å². The fourth-order valence-electron chi connectivity index (χ4n) is 4.16. The van der Waals surface area contributed by atoms with Gasteiger partial charge in [-0.25, -0.2) is 4.98 Å². The maximum absolute atomic E-state index is 12.9. The number of nitrogens with zero attached hydrogens (tertiary/aromatic N) is 4. The fourth-order valence-corrected chi connectivity index (χ4v) is 4.16. The third kappa shape index (κ3) is 4.66. The van der Waals surface area contributed by atoms with Crippen molar-refractivity contribution in [3.8, 4) is 5.75 Å². The molecule has 0 radical (unpaired) electrons. The Morgan fingerprint density at radius 1 is 1.25 bits per heavy atom. The average Bonchev–Trinajstić information content (AvgIpc) is 3.18. The number of aromatic nitrogens is 2. The van der Waals surface area contributed by atoms with Crippen molar-refractivity contribution in [1.82, 2.24) is 14.9 Å². The van der Waals surface area contributed by atoms with Gasteiger partial charge in [-0.3, -0.25) is 9.78 Å². The fraction of sp³-hybridized carbons (Fsp3) is 0.375. The highest BCUT2D eigenvalue weighted by atomic mass is 16.5. The number of amides is 1. The predicted molar refractivity (Wildman–Crippen MR) is 124 cm³/mol. The van der Waals surface area contributed by atoms with Gasteiger partial charge in [0.25, 0.3) is 5.91 Å². The lowest BCUT2D eigenvalue weighted by Gasteiger charge is -2.29. The van der Waals surface area contributed by atoms with Crippen LogP contribution >= 0.6 is 0 Å². The molecule has 168 valence electrons. The molecule has 1 aromatic carbocycles. The first-order valence-corrected chi connectivity index (χ1v) is 10.8. The molecule has 0 bridgehead atoms. The maximum atomic E-state index is 12.9. The Hall–Kier alpha value is -3.23. The monoisotopic (exact) mass is 435 g/mol. The van der Waals surface area contributed by atoms with Crippen LogP contribution in [0.4, 0.5) is 5.69 Å². The maximum Gasteiger partial charge on any atom is 0.253 e. The highest BCUT2D eigenvalue weighted by molar-refractivity contribution is 5.94. The Morgan fingerprint density at radius 3 is 2.78 bits per heavy atom. The second kappa shape index (κ2) is 9.10. The second-order valence-electron chi connectivity index (χ2n) is 8.37. The van der Waals surface area contributed by atoms with Gasteiger partial charge >= 0.3 is 0 Å². The molecule has 1 saturated heterocycles. The van der Waals surface area contributed by atoms with Gasteiger partial charge in [0.05, 0.1) is 17.7 Å². The quantitative estimate of drug-likeness (QED) is 0.585. The van der Waals surface area contributed by atoms with E-state index in [0.717, 1.165) is 22.4 Å². The van der Waals surface area contributed by atoms with Gasteiger partial charge in [-0.2, -0.15) is 0 Å².